The van der Waals surface area contributed by atoms with E-state index in [0.717, 1.165) is 36.2 Å². The minimum absolute atomic E-state index is 0.201. The maximum atomic E-state index is 14.4. The van der Waals surface area contributed by atoms with Gasteiger partial charge in [-0.15, -0.1) is 0 Å². The van der Waals surface area contributed by atoms with Gasteiger partial charge in [0.05, 0.1) is 11.9 Å². The summed E-state index contributed by atoms with van der Waals surface area (Å²) in [5.74, 6) is -0.0330. The van der Waals surface area contributed by atoms with E-state index in [2.05, 4.69) is 15.5 Å². The zero-order chi connectivity index (χ0) is 17.4. The number of rotatable bonds is 4. The van der Waals surface area contributed by atoms with Gasteiger partial charge in [0.15, 0.2) is 11.6 Å². The molecule has 2 aromatic rings. The van der Waals surface area contributed by atoms with Crippen LogP contribution in [-0.2, 0) is 13.1 Å². The predicted molar refractivity (Wildman–Crippen MR) is 92.4 cm³/mol. The first-order valence-corrected chi connectivity index (χ1v) is 8.58. The van der Waals surface area contributed by atoms with Crippen molar-refractivity contribution in [2.75, 3.05) is 18.1 Å². The molecule has 0 spiro atoms. The highest BCUT2D eigenvalue weighted by Gasteiger charge is 2.24. The van der Waals surface area contributed by atoms with E-state index in [1.165, 1.54) is 0 Å². The van der Waals surface area contributed by atoms with Crippen LogP contribution in [0, 0.1) is 12.7 Å². The number of aromatic nitrogens is 2. The van der Waals surface area contributed by atoms with Gasteiger partial charge in [-0.3, -0.25) is 4.79 Å². The minimum Gasteiger partial charge on any atom is -0.489 e. The van der Waals surface area contributed by atoms with Gasteiger partial charge in [-0.25, -0.2) is 9.49 Å². The van der Waals surface area contributed by atoms with Gasteiger partial charge in [-0.2, -0.15) is 5.10 Å². The molecule has 0 radical (unpaired) electrons. The summed E-state index contributed by atoms with van der Waals surface area (Å²) in [6, 6.07) is 3.63. The summed E-state index contributed by atoms with van der Waals surface area (Å²) in [7, 11) is 0. The van der Waals surface area contributed by atoms with Crippen LogP contribution in [0.5, 0.6) is 5.75 Å². The predicted octanol–water partition coefficient (Wildman–Crippen LogP) is 1.87. The normalized spacial score (nSPS) is 19.3. The van der Waals surface area contributed by atoms with Gasteiger partial charge in [-0.05, 0) is 49.6 Å². The summed E-state index contributed by atoms with van der Waals surface area (Å²) in [5.41, 5.74) is 3.14. The molecule has 132 valence electrons. The van der Waals surface area contributed by atoms with Crippen LogP contribution in [-0.4, -0.2) is 29.4 Å². The summed E-state index contributed by atoms with van der Waals surface area (Å²) in [6.07, 6.45) is 3.84. The third-order valence-corrected chi connectivity index (χ3v) is 5.00. The van der Waals surface area contributed by atoms with Crippen LogP contribution in [0.1, 0.15) is 29.5 Å². The number of nitrogens with one attached hydrogen (secondary N) is 2. The molecule has 6 nitrogen and oxygen atoms in total. The van der Waals surface area contributed by atoms with E-state index in [9.17, 15) is 9.18 Å². The van der Waals surface area contributed by atoms with Crippen LogP contribution < -0.4 is 20.5 Å². The number of anilines is 1. The zero-order valence-electron chi connectivity index (χ0n) is 14.1. The molecule has 1 fully saturated rings. The molecular weight excluding hydrogens is 323 g/mol. The van der Waals surface area contributed by atoms with Gasteiger partial charge in [0, 0.05) is 24.7 Å². The molecule has 25 heavy (non-hydrogen) atoms. The largest absolute Gasteiger partial charge is 0.489 e. The lowest BCUT2D eigenvalue weighted by molar-refractivity contribution is 0.265. The Morgan fingerprint density at radius 2 is 2.16 bits per heavy atom. The molecule has 0 bridgehead atoms. The van der Waals surface area contributed by atoms with E-state index >= 15 is 0 Å². The Bertz CT molecular complexity index is 845. The molecule has 1 aromatic carbocycles. The number of halogens is 1. The standard InChI is InChI=1S/C18H21FN4O2/c1-11-16(7-21-22-18(11)24)23-8-12-5-15(19)17(6-13(12)9-23)25-10-14-3-2-4-20-14/h5-7,14,20H,2-4,8-10H2,1H3,(H,22,24). The van der Waals surface area contributed by atoms with Crippen molar-refractivity contribution in [2.24, 2.45) is 0 Å². The van der Waals surface area contributed by atoms with E-state index in [0.29, 0.717) is 37.1 Å². The van der Waals surface area contributed by atoms with Crippen molar-refractivity contribution in [1.29, 1.82) is 0 Å². The average molecular weight is 344 g/mol. The van der Waals surface area contributed by atoms with Crippen LogP contribution in [0.3, 0.4) is 0 Å². The Labute approximate surface area is 145 Å². The fraction of sp³-hybridized carbons (Fsp3) is 0.444. The van der Waals surface area contributed by atoms with Crippen LogP contribution >= 0.6 is 0 Å². The number of hydrogen-bond acceptors (Lipinski definition) is 5. The molecule has 1 atom stereocenters. The quantitative estimate of drug-likeness (QED) is 0.886. The van der Waals surface area contributed by atoms with Crippen LogP contribution in [0.4, 0.5) is 10.1 Å². The Morgan fingerprint density at radius 1 is 1.36 bits per heavy atom. The zero-order valence-corrected chi connectivity index (χ0v) is 14.1. The van der Waals surface area contributed by atoms with Gasteiger partial charge in [-0.1, -0.05) is 0 Å². The van der Waals surface area contributed by atoms with Crippen molar-refractivity contribution in [1.82, 2.24) is 15.5 Å². The van der Waals surface area contributed by atoms with E-state index in [1.54, 1.807) is 25.3 Å². The summed E-state index contributed by atoms with van der Waals surface area (Å²) in [4.78, 5) is 13.8. The van der Waals surface area contributed by atoms with Crippen LogP contribution in [0.25, 0.3) is 0 Å². The van der Waals surface area contributed by atoms with Gasteiger partial charge < -0.3 is 15.0 Å². The fourth-order valence-electron chi connectivity index (χ4n) is 3.54. The summed E-state index contributed by atoms with van der Waals surface area (Å²) in [5, 5.41) is 9.65. The van der Waals surface area contributed by atoms with Crippen molar-refractivity contribution in [3.8, 4) is 5.75 Å². The van der Waals surface area contributed by atoms with E-state index in [1.807, 2.05) is 4.90 Å². The second-order valence-electron chi connectivity index (χ2n) is 6.72. The minimum atomic E-state index is -0.334. The smallest absolute Gasteiger partial charge is 0.269 e. The molecule has 0 saturated carbocycles. The number of fused-ring (bicyclic) bond motifs is 1. The highest BCUT2D eigenvalue weighted by molar-refractivity contribution is 5.55. The van der Waals surface area contributed by atoms with Crippen molar-refractivity contribution in [2.45, 2.75) is 38.9 Å². The summed E-state index contributed by atoms with van der Waals surface area (Å²) in [6.45, 7) is 4.42. The average Bonchev–Trinajstić information content (AvgIpc) is 3.24. The van der Waals surface area contributed by atoms with Gasteiger partial charge in [0.25, 0.3) is 5.56 Å². The molecule has 2 N–H and O–H groups in total. The van der Waals surface area contributed by atoms with Gasteiger partial charge in [0.1, 0.15) is 6.61 Å². The van der Waals surface area contributed by atoms with Gasteiger partial charge >= 0.3 is 0 Å². The maximum absolute atomic E-state index is 14.4. The van der Waals surface area contributed by atoms with Crippen molar-refractivity contribution < 1.29 is 9.13 Å². The number of benzene rings is 1. The van der Waals surface area contributed by atoms with Gasteiger partial charge in [0.2, 0.25) is 0 Å². The van der Waals surface area contributed by atoms with E-state index < -0.39 is 0 Å². The van der Waals surface area contributed by atoms with Crippen molar-refractivity contribution in [3.63, 3.8) is 0 Å². The molecule has 2 aliphatic heterocycles. The molecule has 2 aliphatic rings. The summed E-state index contributed by atoms with van der Waals surface area (Å²) < 4.78 is 20.1. The molecule has 1 saturated heterocycles. The Balaban J connectivity index is 1.53. The molecule has 7 heteroatoms. The Kier molecular flexibility index (Phi) is 4.17. The molecular formula is C18H21FN4O2. The van der Waals surface area contributed by atoms with Crippen LogP contribution in [0.15, 0.2) is 23.1 Å². The third-order valence-electron chi connectivity index (χ3n) is 5.00. The lowest BCUT2D eigenvalue weighted by Crippen LogP contribution is -2.28. The summed E-state index contributed by atoms with van der Waals surface area (Å²) >= 11 is 0. The van der Waals surface area contributed by atoms with Crippen molar-refractivity contribution >= 4 is 5.69 Å². The lowest BCUT2D eigenvalue weighted by atomic mass is 10.1. The first-order chi connectivity index (χ1) is 12.1. The second kappa shape index (κ2) is 6.48. The fourth-order valence-corrected chi connectivity index (χ4v) is 3.54. The molecule has 0 aliphatic carbocycles. The third kappa shape index (κ3) is 3.11. The molecule has 3 heterocycles. The number of nitrogens with zero attached hydrogens (tertiary/aromatic N) is 2. The maximum Gasteiger partial charge on any atom is 0.269 e. The highest BCUT2D eigenvalue weighted by atomic mass is 19.1. The molecule has 4 rings (SSSR count). The highest BCUT2D eigenvalue weighted by Crippen LogP contribution is 2.32. The number of hydrogen-bond donors (Lipinski definition) is 2. The first-order valence-electron chi connectivity index (χ1n) is 8.58. The number of aromatic amines is 1. The van der Waals surface area contributed by atoms with Crippen molar-refractivity contribution in [3.05, 3.63) is 51.2 Å². The Morgan fingerprint density at radius 3 is 2.92 bits per heavy atom. The van der Waals surface area contributed by atoms with E-state index in [4.69, 9.17) is 4.74 Å². The number of ether oxygens (including phenoxy) is 1. The number of H-pyrrole nitrogens is 1. The lowest BCUT2D eigenvalue weighted by Gasteiger charge is -2.18. The second-order valence-corrected chi connectivity index (χ2v) is 6.72. The Hall–Kier alpha value is -2.41. The molecule has 1 unspecified atom stereocenters. The first kappa shape index (κ1) is 16.1. The monoisotopic (exact) mass is 344 g/mol. The molecule has 1 aromatic heterocycles. The topological polar surface area (TPSA) is 70.2 Å². The van der Waals surface area contributed by atoms with E-state index in [-0.39, 0.29) is 11.4 Å². The van der Waals surface area contributed by atoms with Crippen LogP contribution in [0.2, 0.25) is 0 Å². The molecule has 0 amide bonds. The SMILES string of the molecule is Cc1c(N2Cc3cc(F)c(OCC4CCCN4)cc3C2)cn[nH]c1=O.